The second-order valence-electron chi connectivity index (χ2n) is 2.18. The number of carbonyl (C=O) groups is 2. The first-order valence-corrected chi connectivity index (χ1v) is 3.10. The van der Waals surface area contributed by atoms with Gasteiger partial charge in [0.25, 0.3) is 0 Å². The Kier molecular flexibility index (Phi) is 3.21. The molecule has 0 aromatic heterocycles. The summed E-state index contributed by atoms with van der Waals surface area (Å²) in [6.45, 7) is 4.39. The molecule has 0 saturated carbocycles. The summed E-state index contributed by atoms with van der Waals surface area (Å²) in [5.41, 5.74) is -0.0463. The molecule has 0 aromatic rings. The van der Waals surface area contributed by atoms with Gasteiger partial charge in [-0.25, -0.2) is 0 Å². The van der Waals surface area contributed by atoms with Gasteiger partial charge in [0.15, 0.2) is 0 Å². The summed E-state index contributed by atoms with van der Waals surface area (Å²) in [6, 6.07) is 0. The predicted octanol–water partition coefficient (Wildman–Crippen LogP) is 0.758. The molecule has 0 bridgehead atoms. The highest BCUT2D eigenvalue weighted by Crippen LogP contribution is 1.93. The van der Waals surface area contributed by atoms with Crippen molar-refractivity contribution in [3.05, 3.63) is 0 Å². The van der Waals surface area contributed by atoms with Crippen LogP contribution in [0.5, 0.6) is 0 Å². The molecule has 0 saturated heterocycles. The third kappa shape index (κ3) is 2.45. The third-order valence-corrected chi connectivity index (χ3v) is 1.39. The molecule has 0 aromatic carbocycles. The molecule has 2 nitrogen and oxygen atoms in total. The van der Waals surface area contributed by atoms with E-state index < -0.39 is 0 Å². The Labute approximate surface area is 55.7 Å². The highest BCUT2D eigenvalue weighted by Gasteiger charge is 2.21. The van der Waals surface area contributed by atoms with E-state index >= 15 is 0 Å². The van der Waals surface area contributed by atoms with Crippen LogP contribution >= 0.6 is 0 Å². The van der Waals surface area contributed by atoms with E-state index in [0.29, 0.717) is 6.32 Å². The molecule has 0 aliphatic heterocycles. The highest BCUT2D eigenvalue weighted by molar-refractivity contribution is 7.10. The number of hydrogen-bond acceptors (Lipinski definition) is 2. The monoisotopic (exact) mass is 126 g/mol. The maximum Gasteiger partial charge on any atom is 0.301 e. The third-order valence-electron chi connectivity index (χ3n) is 1.39. The Hall–Kier alpha value is -0.595. The molecule has 0 aliphatic rings. The summed E-state index contributed by atoms with van der Waals surface area (Å²) in [5, 5.41) is 0. The molecule has 0 N–H and O–H groups in total. The first kappa shape index (κ1) is 8.40. The van der Waals surface area contributed by atoms with Gasteiger partial charge in [-0.1, -0.05) is 13.2 Å². The number of rotatable bonds is 3. The standard InChI is InChI=1S/C6H11BO2/c1-4-7(5(2)8)6(3)9/h4H2,1-3H3. The molecule has 0 aliphatic carbocycles. The first-order chi connectivity index (χ1) is 4.09. The van der Waals surface area contributed by atoms with Crippen LogP contribution in [0.4, 0.5) is 0 Å². The van der Waals surface area contributed by atoms with Gasteiger partial charge in [-0.3, -0.25) is 0 Å². The molecular formula is C6H11BO2. The van der Waals surface area contributed by atoms with E-state index in [1.807, 2.05) is 6.92 Å². The molecule has 3 heteroatoms. The van der Waals surface area contributed by atoms with Gasteiger partial charge in [-0.2, -0.15) is 0 Å². The summed E-state index contributed by atoms with van der Waals surface area (Å²) in [7, 11) is 0. The lowest BCUT2D eigenvalue weighted by molar-refractivity contribution is -0.113. The minimum absolute atomic E-state index is 0.0231. The maximum atomic E-state index is 10.6. The molecule has 0 fully saturated rings. The van der Waals surface area contributed by atoms with Gasteiger partial charge in [0.05, 0.1) is 11.4 Å². The van der Waals surface area contributed by atoms with E-state index in [9.17, 15) is 9.59 Å². The van der Waals surface area contributed by atoms with Gasteiger partial charge in [0.2, 0.25) is 0 Å². The summed E-state index contributed by atoms with van der Waals surface area (Å²) in [6.07, 6.45) is 0.630. The SMILES string of the molecule is CCB(C(C)=O)C(C)=O. The van der Waals surface area contributed by atoms with Gasteiger partial charge < -0.3 is 9.59 Å². The Morgan fingerprint density at radius 2 is 1.56 bits per heavy atom. The first-order valence-electron chi connectivity index (χ1n) is 3.10. The van der Waals surface area contributed by atoms with Crippen LogP contribution in [0.25, 0.3) is 0 Å². The highest BCUT2D eigenvalue weighted by atomic mass is 16.1. The predicted molar refractivity (Wildman–Crippen MR) is 37.6 cm³/mol. The van der Waals surface area contributed by atoms with Crippen molar-refractivity contribution in [1.82, 2.24) is 0 Å². The summed E-state index contributed by atoms with van der Waals surface area (Å²) in [4.78, 5) is 21.2. The van der Waals surface area contributed by atoms with E-state index in [4.69, 9.17) is 0 Å². The zero-order valence-electron chi connectivity index (χ0n) is 6.10. The Bertz CT molecular complexity index is 117. The summed E-state index contributed by atoms with van der Waals surface area (Å²) < 4.78 is 0. The van der Waals surface area contributed by atoms with Crippen molar-refractivity contribution in [2.75, 3.05) is 0 Å². The quantitative estimate of drug-likeness (QED) is 0.523. The fourth-order valence-corrected chi connectivity index (χ4v) is 0.861. The molecule has 0 rings (SSSR count). The molecule has 0 atom stereocenters. The lowest BCUT2D eigenvalue weighted by Gasteiger charge is -1.98. The minimum Gasteiger partial charge on any atom is -0.311 e. The van der Waals surface area contributed by atoms with Crippen LogP contribution in [-0.4, -0.2) is 18.1 Å². The van der Waals surface area contributed by atoms with Crippen LogP contribution in [0.2, 0.25) is 6.32 Å². The Morgan fingerprint density at radius 3 is 1.56 bits per heavy atom. The minimum atomic E-state index is -0.356. The van der Waals surface area contributed by atoms with Crippen LogP contribution in [0.3, 0.4) is 0 Å². The van der Waals surface area contributed by atoms with Crippen molar-refractivity contribution in [3.63, 3.8) is 0 Å². The van der Waals surface area contributed by atoms with Crippen molar-refractivity contribution in [2.45, 2.75) is 27.1 Å². The van der Waals surface area contributed by atoms with Gasteiger partial charge >= 0.3 is 6.71 Å². The van der Waals surface area contributed by atoms with Crippen molar-refractivity contribution < 1.29 is 9.59 Å². The van der Waals surface area contributed by atoms with Crippen molar-refractivity contribution in [1.29, 1.82) is 0 Å². The molecule has 0 unspecified atom stereocenters. The number of hydrogen-bond donors (Lipinski definition) is 0. The lowest BCUT2D eigenvalue weighted by atomic mass is 9.42. The average Bonchev–Trinajstić information content (AvgIpc) is 1.64. The zero-order chi connectivity index (χ0) is 7.44. The molecular weight excluding hydrogens is 115 g/mol. The van der Waals surface area contributed by atoms with Crippen LogP contribution < -0.4 is 0 Å². The summed E-state index contributed by atoms with van der Waals surface area (Å²) >= 11 is 0. The van der Waals surface area contributed by atoms with Gasteiger partial charge in [-0.05, 0) is 13.8 Å². The van der Waals surface area contributed by atoms with Crippen molar-refractivity contribution in [2.24, 2.45) is 0 Å². The molecule has 9 heavy (non-hydrogen) atoms. The Morgan fingerprint density at radius 1 is 1.22 bits per heavy atom. The maximum absolute atomic E-state index is 10.6. The zero-order valence-corrected chi connectivity index (χ0v) is 6.10. The van der Waals surface area contributed by atoms with E-state index in [2.05, 4.69) is 0 Å². The normalized spacial score (nSPS) is 8.78. The van der Waals surface area contributed by atoms with E-state index in [1.165, 1.54) is 13.8 Å². The lowest BCUT2D eigenvalue weighted by Crippen LogP contribution is -2.30. The fraction of sp³-hybridized carbons (Fsp3) is 0.667. The molecule has 50 valence electrons. The van der Waals surface area contributed by atoms with Gasteiger partial charge in [0, 0.05) is 0 Å². The fourth-order valence-electron chi connectivity index (χ4n) is 0.861. The number of carbonyl (C=O) groups excluding carboxylic acids is 2. The molecule has 0 heterocycles. The van der Waals surface area contributed by atoms with Crippen LogP contribution in [0.15, 0.2) is 0 Å². The van der Waals surface area contributed by atoms with Crippen LogP contribution in [-0.2, 0) is 9.59 Å². The van der Waals surface area contributed by atoms with Crippen molar-refractivity contribution in [3.8, 4) is 0 Å². The average molecular weight is 126 g/mol. The van der Waals surface area contributed by atoms with Gasteiger partial charge in [-0.15, -0.1) is 0 Å². The van der Waals surface area contributed by atoms with Crippen LogP contribution in [0.1, 0.15) is 20.8 Å². The van der Waals surface area contributed by atoms with E-state index in [0.717, 1.165) is 0 Å². The van der Waals surface area contributed by atoms with E-state index in [-0.39, 0.29) is 18.1 Å². The second kappa shape index (κ2) is 3.43. The second-order valence-corrected chi connectivity index (χ2v) is 2.18. The van der Waals surface area contributed by atoms with Gasteiger partial charge in [0.1, 0.15) is 0 Å². The largest absolute Gasteiger partial charge is 0.311 e. The molecule has 0 radical (unpaired) electrons. The Balaban J connectivity index is 3.99. The van der Waals surface area contributed by atoms with Crippen LogP contribution in [0, 0.1) is 0 Å². The topological polar surface area (TPSA) is 34.1 Å². The molecule has 0 spiro atoms. The summed E-state index contributed by atoms with van der Waals surface area (Å²) in [5.74, 6) is 0. The van der Waals surface area contributed by atoms with Crippen molar-refractivity contribution >= 4 is 18.1 Å². The van der Waals surface area contributed by atoms with E-state index in [1.54, 1.807) is 0 Å². The molecule has 0 amide bonds. The smallest absolute Gasteiger partial charge is 0.301 e.